The van der Waals surface area contributed by atoms with Crippen LogP contribution in [0.1, 0.15) is 78.6 Å². The number of rotatable bonds is 14. The van der Waals surface area contributed by atoms with Gasteiger partial charge in [0.25, 0.3) is 0 Å². The molecule has 0 heterocycles. The SMILES string of the molecule is CCCOC(=O)C(CC)(CC)C(=O)OCCCCCCCCCl. The van der Waals surface area contributed by atoms with Crippen molar-refractivity contribution in [1.29, 1.82) is 0 Å². The molecule has 0 spiro atoms. The smallest absolute Gasteiger partial charge is 0.323 e. The van der Waals surface area contributed by atoms with Crippen molar-refractivity contribution in [3.63, 3.8) is 0 Å². The number of halogens is 1. The van der Waals surface area contributed by atoms with Gasteiger partial charge in [0.1, 0.15) is 0 Å². The summed E-state index contributed by atoms with van der Waals surface area (Å²) in [5.74, 6) is -0.164. The van der Waals surface area contributed by atoms with E-state index in [2.05, 4.69) is 0 Å². The second-order valence-corrected chi connectivity index (χ2v) is 6.25. The zero-order valence-electron chi connectivity index (χ0n) is 15.0. The van der Waals surface area contributed by atoms with Gasteiger partial charge in [-0.05, 0) is 32.1 Å². The Balaban J connectivity index is 4.18. The Morgan fingerprint density at radius 3 is 1.74 bits per heavy atom. The van der Waals surface area contributed by atoms with Gasteiger partial charge in [0.05, 0.1) is 13.2 Å². The molecule has 0 fully saturated rings. The summed E-state index contributed by atoms with van der Waals surface area (Å²) in [5.41, 5.74) is -1.14. The maximum absolute atomic E-state index is 12.4. The van der Waals surface area contributed by atoms with Gasteiger partial charge in [-0.1, -0.05) is 46.5 Å². The lowest BCUT2D eigenvalue weighted by Crippen LogP contribution is -2.41. The number of ether oxygens (including phenoxy) is 2. The Bertz CT molecular complexity index is 327. The van der Waals surface area contributed by atoms with Gasteiger partial charge in [0.15, 0.2) is 5.41 Å². The minimum absolute atomic E-state index is 0.343. The average molecular weight is 349 g/mol. The molecule has 0 aromatic rings. The molecular formula is C18H33ClO4. The van der Waals surface area contributed by atoms with Gasteiger partial charge in [-0.25, -0.2) is 0 Å². The molecule has 0 aliphatic rings. The Hall–Kier alpha value is -0.770. The van der Waals surface area contributed by atoms with Crippen LogP contribution in [-0.4, -0.2) is 31.0 Å². The lowest BCUT2D eigenvalue weighted by molar-refractivity contribution is -0.173. The zero-order chi connectivity index (χ0) is 17.6. The molecule has 0 aliphatic heterocycles. The summed E-state index contributed by atoms with van der Waals surface area (Å²) in [4.78, 5) is 24.6. The lowest BCUT2D eigenvalue weighted by atomic mass is 9.82. The molecular weight excluding hydrogens is 316 g/mol. The first-order valence-electron chi connectivity index (χ1n) is 8.99. The van der Waals surface area contributed by atoms with Gasteiger partial charge >= 0.3 is 11.9 Å². The third-order valence-electron chi connectivity index (χ3n) is 4.19. The van der Waals surface area contributed by atoms with E-state index >= 15 is 0 Å². The van der Waals surface area contributed by atoms with Crippen LogP contribution in [0.15, 0.2) is 0 Å². The number of hydrogen-bond acceptors (Lipinski definition) is 4. The summed E-state index contributed by atoms with van der Waals surface area (Å²) in [5, 5.41) is 0. The van der Waals surface area contributed by atoms with Gasteiger partial charge < -0.3 is 9.47 Å². The van der Waals surface area contributed by atoms with Crippen LogP contribution in [0.5, 0.6) is 0 Å². The van der Waals surface area contributed by atoms with Gasteiger partial charge in [-0.3, -0.25) is 9.59 Å². The molecule has 0 bridgehead atoms. The highest BCUT2D eigenvalue weighted by atomic mass is 35.5. The lowest BCUT2D eigenvalue weighted by Gasteiger charge is -2.26. The van der Waals surface area contributed by atoms with Crippen molar-refractivity contribution in [2.75, 3.05) is 19.1 Å². The molecule has 0 N–H and O–H groups in total. The van der Waals surface area contributed by atoms with Crippen LogP contribution < -0.4 is 0 Å². The van der Waals surface area contributed by atoms with Crippen LogP contribution in [0.3, 0.4) is 0 Å². The van der Waals surface area contributed by atoms with E-state index in [0.717, 1.165) is 50.8 Å². The van der Waals surface area contributed by atoms with E-state index < -0.39 is 17.4 Å². The van der Waals surface area contributed by atoms with E-state index in [1.807, 2.05) is 20.8 Å². The quantitative estimate of drug-likeness (QED) is 0.194. The Morgan fingerprint density at radius 2 is 1.26 bits per heavy atom. The van der Waals surface area contributed by atoms with E-state index in [0.29, 0.717) is 26.1 Å². The van der Waals surface area contributed by atoms with Crippen LogP contribution in [0.25, 0.3) is 0 Å². The molecule has 0 unspecified atom stereocenters. The summed E-state index contributed by atoms with van der Waals surface area (Å²) in [6.45, 7) is 6.30. The number of carbonyl (C=O) groups is 2. The highest BCUT2D eigenvalue weighted by molar-refractivity contribution is 6.17. The van der Waals surface area contributed by atoms with E-state index in [9.17, 15) is 9.59 Å². The fraction of sp³-hybridized carbons (Fsp3) is 0.889. The van der Waals surface area contributed by atoms with E-state index in [4.69, 9.17) is 21.1 Å². The Kier molecular flexibility index (Phi) is 13.2. The zero-order valence-corrected chi connectivity index (χ0v) is 15.8. The predicted molar refractivity (Wildman–Crippen MR) is 93.6 cm³/mol. The van der Waals surface area contributed by atoms with Crippen LogP contribution in [0.4, 0.5) is 0 Å². The minimum atomic E-state index is -1.14. The molecule has 4 nitrogen and oxygen atoms in total. The van der Waals surface area contributed by atoms with Crippen molar-refractivity contribution >= 4 is 23.5 Å². The number of esters is 2. The molecule has 0 saturated heterocycles. The topological polar surface area (TPSA) is 52.6 Å². The summed E-state index contributed by atoms with van der Waals surface area (Å²) in [7, 11) is 0. The van der Waals surface area contributed by atoms with E-state index in [-0.39, 0.29) is 0 Å². The summed E-state index contributed by atoms with van der Waals surface area (Å²) in [6, 6.07) is 0. The molecule has 0 atom stereocenters. The molecule has 0 aromatic carbocycles. The van der Waals surface area contributed by atoms with Crippen molar-refractivity contribution in [2.45, 2.75) is 78.6 Å². The van der Waals surface area contributed by atoms with Crippen molar-refractivity contribution in [1.82, 2.24) is 0 Å². The van der Waals surface area contributed by atoms with Gasteiger partial charge in [0, 0.05) is 5.88 Å². The van der Waals surface area contributed by atoms with Crippen molar-refractivity contribution in [2.24, 2.45) is 5.41 Å². The average Bonchev–Trinajstić information content (AvgIpc) is 2.57. The summed E-state index contributed by atoms with van der Waals surface area (Å²) < 4.78 is 10.5. The fourth-order valence-corrected chi connectivity index (χ4v) is 2.64. The van der Waals surface area contributed by atoms with Crippen molar-refractivity contribution in [3.8, 4) is 0 Å². The van der Waals surface area contributed by atoms with Crippen molar-refractivity contribution in [3.05, 3.63) is 0 Å². The third kappa shape index (κ3) is 8.05. The fourth-order valence-electron chi connectivity index (χ4n) is 2.45. The number of carbonyl (C=O) groups excluding carboxylic acids is 2. The van der Waals surface area contributed by atoms with Crippen LogP contribution in [0, 0.1) is 5.41 Å². The van der Waals surface area contributed by atoms with Crippen LogP contribution in [-0.2, 0) is 19.1 Å². The third-order valence-corrected chi connectivity index (χ3v) is 4.45. The largest absolute Gasteiger partial charge is 0.465 e. The van der Waals surface area contributed by atoms with Crippen LogP contribution >= 0.6 is 11.6 Å². The number of hydrogen-bond donors (Lipinski definition) is 0. The molecule has 23 heavy (non-hydrogen) atoms. The van der Waals surface area contributed by atoms with Gasteiger partial charge in [-0.2, -0.15) is 0 Å². The monoisotopic (exact) mass is 348 g/mol. The highest BCUT2D eigenvalue weighted by Gasteiger charge is 2.45. The van der Waals surface area contributed by atoms with Gasteiger partial charge in [-0.15, -0.1) is 11.6 Å². The first-order valence-corrected chi connectivity index (χ1v) is 9.52. The second-order valence-electron chi connectivity index (χ2n) is 5.87. The first kappa shape index (κ1) is 22.2. The first-order chi connectivity index (χ1) is 11.1. The molecule has 0 rings (SSSR count). The molecule has 0 amide bonds. The number of alkyl halides is 1. The minimum Gasteiger partial charge on any atom is -0.465 e. The predicted octanol–water partition coefficient (Wildman–Crippen LogP) is 4.87. The molecule has 0 aliphatic carbocycles. The molecule has 0 aromatic heterocycles. The molecule has 0 radical (unpaired) electrons. The standard InChI is InChI=1S/C18H33ClO4/c1-4-14-22-16(20)18(5-2,6-3)17(21)23-15-12-10-8-7-9-11-13-19/h4-15H2,1-3H3. The summed E-state index contributed by atoms with van der Waals surface area (Å²) in [6.07, 6.45) is 7.92. The highest BCUT2D eigenvalue weighted by Crippen LogP contribution is 2.30. The van der Waals surface area contributed by atoms with E-state index in [1.165, 1.54) is 0 Å². The maximum Gasteiger partial charge on any atom is 0.323 e. The number of unbranched alkanes of at least 4 members (excludes halogenated alkanes) is 5. The van der Waals surface area contributed by atoms with E-state index in [1.54, 1.807) is 0 Å². The second kappa shape index (κ2) is 13.6. The molecule has 5 heteroatoms. The van der Waals surface area contributed by atoms with Crippen molar-refractivity contribution < 1.29 is 19.1 Å². The Morgan fingerprint density at radius 1 is 0.783 bits per heavy atom. The normalized spacial score (nSPS) is 11.3. The Labute approximate surface area is 146 Å². The van der Waals surface area contributed by atoms with Gasteiger partial charge in [0.2, 0.25) is 0 Å². The summed E-state index contributed by atoms with van der Waals surface area (Å²) >= 11 is 5.63. The molecule has 0 saturated carbocycles. The van der Waals surface area contributed by atoms with Crippen LogP contribution in [0.2, 0.25) is 0 Å². The maximum atomic E-state index is 12.4. The molecule has 136 valence electrons.